The Morgan fingerprint density at radius 3 is 2.37 bits per heavy atom. The third kappa shape index (κ3) is 3.54. The lowest BCUT2D eigenvalue weighted by Gasteiger charge is -2.58. The van der Waals surface area contributed by atoms with E-state index in [9.17, 15) is 5.11 Å². The van der Waals surface area contributed by atoms with Gasteiger partial charge in [-0.15, -0.1) is 0 Å². The van der Waals surface area contributed by atoms with Crippen LogP contribution in [0.15, 0.2) is 11.1 Å². The largest absolute Gasteiger partial charge is 0.393 e. The van der Waals surface area contributed by atoms with Crippen molar-refractivity contribution in [2.24, 2.45) is 52.3 Å². The fourth-order valence-corrected chi connectivity index (χ4v) is 8.96. The van der Waals surface area contributed by atoms with Gasteiger partial charge >= 0.3 is 0 Å². The van der Waals surface area contributed by atoms with E-state index in [1.165, 1.54) is 57.8 Å². The molecule has 4 rings (SSSR count). The van der Waals surface area contributed by atoms with E-state index in [2.05, 4.69) is 48.5 Å². The highest BCUT2D eigenvalue weighted by Gasteiger charge is 2.56. The summed E-state index contributed by atoms with van der Waals surface area (Å²) >= 11 is 0. The Hall–Kier alpha value is -0.300. The molecule has 0 aromatic heterocycles. The van der Waals surface area contributed by atoms with Gasteiger partial charge < -0.3 is 5.11 Å². The second-order valence-corrected chi connectivity index (χ2v) is 13.0. The molecule has 172 valence electrons. The molecule has 0 aromatic carbocycles. The van der Waals surface area contributed by atoms with Crippen molar-refractivity contribution in [2.75, 3.05) is 0 Å². The molecule has 0 saturated heterocycles. The second-order valence-electron chi connectivity index (χ2n) is 13.0. The molecule has 30 heavy (non-hydrogen) atoms. The number of aliphatic hydroxyl groups excluding tert-OH is 1. The molecule has 4 aliphatic rings. The van der Waals surface area contributed by atoms with Gasteiger partial charge in [0.15, 0.2) is 0 Å². The van der Waals surface area contributed by atoms with E-state index in [0.717, 1.165) is 41.9 Å². The van der Waals surface area contributed by atoms with Crippen LogP contribution in [0.1, 0.15) is 113 Å². The molecule has 0 aliphatic heterocycles. The lowest BCUT2D eigenvalue weighted by molar-refractivity contribution is -0.0779. The van der Waals surface area contributed by atoms with Gasteiger partial charge in [-0.05, 0) is 104 Å². The summed E-state index contributed by atoms with van der Waals surface area (Å²) in [5.74, 6) is 5.47. The van der Waals surface area contributed by atoms with Crippen LogP contribution in [0, 0.1) is 52.3 Å². The average molecular weight is 415 g/mol. The van der Waals surface area contributed by atoms with E-state index in [1.54, 1.807) is 0 Å². The van der Waals surface area contributed by atoms with E-state index in [0.29, 0.717) is 16.7 Å². The third-order valence-electron chi connectivity index (χ3n) is 11.5. The molecule has 4 aliphatic carbocycles. The first-order valence-corrected chi connectivity index (χ1v) is 13.5. The molecule has 3 saturated carbocycles. The van der Waals surface area contributed by atoms with Crippen molar-refractivity contribution in [1.82, 2.24) is 0 Å². The van der Waals surface area contributed by atoms with Crippen LogP contribution in [-0.2, 0) is 0 Å². The van der Waals surface area contributed by atoms with Gasteiger partial charge in [0.1, 0.15) is 0 Å². The Balaban J connectivity index is 1.55. The first-order chi connectivity index (χ1) is 14.1. The Kier molecular flexibility index (Phi) is 6.28. The molecule has 1 N–H and O–H groups in total. The van der Waals surface area contributed by atoms with Gasteiger partial charge in [-0.1, -0.05) is 72.5 Å². The number of allylic oxidation sites excluding steroid dienone is 2. The van der Waals surface area contributed by atoms with Crippen LogP contribution in [0.3, 0.4) is 0 Å². The van der Waals surface area contributed by atoms with Crippen molar-refractivity contribution >= 4 is 0 Å². The maximum atomic E-state index is 10.5. The Morgan fingerprint density at radius 1 is 0.933 bits per heavy atom. The van der Waals surface area contributed by atoms with Crippen LogP contribution in [-0.4, -0.2) is 11.2 Å². The Morgan fingerprint density at radius 2 is 1.67 bits per heavy atom. The molecular formula is C29H50O. The van der Waals surface area contributed by atoms with Crippen LogP contribution >= 0.6 is 0 Å². The van der Waals surface area contributed by atoms with E-state index >= 15 is 0 Å². The fourth-order valence-electron chi connectivity index (χ4n) is 8.96. The third-order valence-corrected chi connectivity index (χ3v) is 11.5. The molecule has 1 nitrogen and oxygen atoms in total. The predicted octanol–water partition coefficient (Wildman–Crippen LogP) is 8.02. The highest BCUT2D eigenvalue weighted by molar-refractivity contribution is 5.35. The van der Waals surface area contributed by atoms with E-state index in [-0.39, 0.29) is 6.10 Å². The molecule has 3 fully saturated rings. The van der Waals surface area contributed by atoms with Gasteiger partial charge in [0.05, 0.1) is 6.10 Å². The standard InChI is InChI=1S/C29H50O/c1-18(2)19(3)8-9-20(4)23-12-13-25-22-10-11-24-21(5)27(30)15-17-29(24,7)26(22)14-16-28(23,25)6/h18-21,23-24,26-27,30H,8-17H2,1-7H3/t19-,20+,21-,23+,24?,26-,27-,28+,29-/m0/s1. The van der Waals surface area contributed by atoms with Crippen molar-refractivity contribution in [1.29, 1.82) is 0 Å². The molecule has 1 heteroatoms. The summed E-state index contributed by atoms with van der Waals surface area (Å²) in [6.45, 7) is 17.4. The van der Waals surface area contributed by atoms with Crippen molar-refractivity contribution in [3.63, 3.8) is 0 Å². The normalized spacial score (nSPS) is 45.7. The quantitative estimate of drug-likeness (QED) is 0.451. The first-order valence-electron chi connectivity index (χ1n) is 13.5. The zero-order valence-corrected chi connectivity index (χ0v) is 21.1. The molecule has 0 aromatic rings. The minimum atomic E-state index is -0.0592. The molecule has 0 bridgehead atoms. The van der Waals surface area contributed by atoms with Crippen LogP contribution in [0.2, 0.25) is 0 Å². The molecule has 0 amide bonds. The van der Waals surface area contributed by atoms with Crippen molar-refractivity contribution < 1.29 is 5.11 Å². The zero-order valence-electron chi connectivity index (χ0n) is 21.1. The molecule has 9 atom stereocenters. The number of fused-ring (bicyclic) bond motifs is 4. The number of hydrogen-bond acceptors (Lipinski definition) is 1. The maximum Gasteiger partial charge on any atom is 0.0568 e. The SMILES string of the molecule is CC(C)[C@@H](C)CC[C@@H](C)[C@H]1CCC2=C3CCC4[C@H](C)[C@@H](O)CC[C@]4(C)[C@H]3CC[C@@]21C. The van der Waals surface area contributed by atoms with Crippen molar-refractivity contribution in [3.05, 3.63) is 11.1 Å². The smallest absolute Gasteiger partial charge is 0.0568 e. The van der Waals surface area contributed by atoms with Crippen LogP contribution in [0.25, 0.3) is 0 Å². The van der Waals surface area contributed by atoms with Crippen LogP contribution < -0.4 is 0 Å². The summed E-state index contributed by atoms with van der Waals surface area (Å²) in [7, 11) is 0. The lowest BCUT2D eigenvalue weighted by atomic mass is 9.47. The van der Waals surface area contributed by atoms with Gasteiger partial charge in [-0.3, -0.25) is 0 Å². The van der Waals surface area contributed by atoms with Crippen molar-refractivity contribution in [3.8, 4) is 0 Å². The monoisotopic (exact) mass is 414 g/mol. The average Bonchev–Trinajstić information content (AvgIpc) is 3.06. The number of hydrogen-bond donors (Lipinski definition) is 1. The van der Waals surface area contributed by atoms with Crippen molar-refractivity contribution in [2.45, 2.75) is 119 Å². The minimum absolute atomic E-state index is 0.0592. The highest BCUT2D eigenvalue weighted by Crippen LogP contribution is 2.66. The second kappa shape index (κ2) is 8.24. The van der Waals surface area contributed by atoms with Crippen LogP contribution in [0.4, 0.5) is 0 Å². The first kappa shape index (κ1) is 22.9. The van der Waals surface area contributed by atoms with Gasteiger partial charge in [0.25, 0.3) is 0 Å². The summed E-state index contributed by atoms with van der Waals surface area (Å²) in [5.41, 5.74) is 4.76. The summed E-state index contributed by atoms with van der Waals surface area (Å²) in [4.78, 5) is 0. The number of rotatable bonds is 5. The topological polar surface area (TPSA) is 20.2 Å². The predicted molar refractivity (Wildman–Crippen MR) is 128 cm³/mol. The molecular weight excluding hydrogens is 364 g/mol. The van der Waals surface area contributed by atoms with E-state index < -0.39 is 0 Å². The lowest BCUT2D eigenvalue weighted by Crippen LogP contribution is -2.51. The fraction of sp³-hybridized carbons (Fsp3) is 0.931. The molecule has 0 spiro atoms. The summed E-state index contributed by atoms with van der Waals surface area (Å²) in [6, 6.07) is 0. The number of aliphatic hydroxyl groups is 1. The molecule has 1 unspecified atom stereocenters. The summed E-state index contributed by atoms with van der Waals surface area (Å²) in [5, 5.41) is 10.5. The Bertz CT molecular complexity index is 661. The van der Waals surface area contributed by atoms with Gasteiger partial charge in [-0.2, -0.15) is 0 Å². The van der Waals surface area contributed by atoms with Gasteiger partial charge in [0, 0.05) is 0 Å². The van der Waals surface area contributed by atoms with Gasteiger partial charge in [0.2, 0.25) is 0 Å². The highest BCUT2D eigenvalue weighted by atomic mass is 16.3. The zero-order chi connectivity index (χ0) is 21.8. The summed E-state index contributed by atoms with van der Waals surface area (Å²) < 4.78 is 0. The molecule has 0 radical (unpaired) electrons. The maximum absolute atomic E-state index is 10.5. The van der Waals surface area contributed by atoms with E-state index in [4.69, 9.17) is 0 Å². The van der Waals surface area contributed by atoms with Gasteiger partial charge in [-0.25, -0.2) is 0 Å². The Labute approximate surface area is 187 Å². The van der Waals surface area contributed by atoms with E-state index in [1.807, 2.05) is 11.1 Å². The summed E-state index contributed by atoms with van der Waals surface area (Å²) in [6.07, 6.45) is 13.3. The van der Waals surface area contributed by atoms with Crippen LogP contribution in [0.5, 0.6) is 0 Å². The minimum Gasteiger partial charge on any atom is -0.393 e. The molecule has 0 heterocycles.